The highest BCUT2D eigenvalue weighted by Crippen LogP contribution is 2.65. The molecule has 0 aromatic rings. The van der Waals surface area contributed by atoms with Gasteiger partial charge in [0.2, 0.25) is 0 Å². The Balaban J connectivity index is 1.68. The molecule has 3 saturated carbocycles. The molecule has 0 bridgehead atoms. The molecule has 6 atom stereocenters. The summed E-state index contributed by atoms with van der Waals surface area (Å²) in [6.45, 7) is 5.80. The number of esters is 1. The van der Waals surface area contributed by atoms with E-state index in [0.29, 0.717) is 38.5 Å². The van der Waals surface area contributed by atoms with Gasteiger partial charge in [-0.3, -0.25) is 14.4 Å². The SMILES string of the molecule is CCC(=O)O[C@@H]1C=C2C(=O)C[C@@H]3[C@H](CC[C@]4(C)C(=O)CC[C@@]34O)[C@@]2(C)CC1. The van der Waals surface area contributed by atoms with Crippen LogP contribution in [0.3, 0.4) is 0 Å². The molecule has 0 heterocycles. The summed E-state index contributed by atoms with van der Waals surface area (Å²) < 4.78 is 5.48. The number of carbonyl (C=O) groups is 3. The molecule has 5 nitrogen and oxygen atoms in total. The summed E-state index contributed by atoms with van der Waals surface area (Å²) in [6.07, 6.45) is 6.07. The van der Waals surface area contributed by atoms with E-state index in [-0.39, 0.29) is 40.9 Å². The van der Waals surface area contributed by atoms with Crippen LogP contribution < -0.4 is 0 Å². The lowest BCUT2D eigenvalue weighted by Crippen LogP contribution is -2.62. The third-order valence-electron chi connectivity index (χ3n) is 8.37. The molecule has 4 rings (SSSR count). The number of Topliss-reactive ketones (excluding diaryl/α,β-unsaturated/α-hetero) is 2. The fraction of sp³-hybridized carbons (Fsp3) is 0.773. The van der Waals surface area contributed by atoms with Gasteiger partial charge in [-0.1, -0.05) is 13.8 Å². The van der Waals surface area contributed by atoms with Gasteiger partial charge in [-0.2, -0.15) is 0 Å². The number of hydrogen-bond acceptors (Lipinski definition) is 5. The summed E-state index contributed by atoms with van der Waals surface area (Å²) in [5.41, 5.74) is -1.30. The smallest absolute Gasteiger partial charge is 0.306 e. The van der Waals surface area contributed by atoms with E-state index in [9.17, 15) is 19.5 Å². The van der Waals surface area contributed by atoms with Gasteiger partial charge in [0, 0.05) is 24.8 Å². The number of rotatable bonds is 2. The molecule has 4 aliphatic rings. The number of carbonyl (C=O) groups excluding carboxylic acids is 3. The van der Waals surface area contributed by atoms with E-state index in [1.54, 1.807) is 6.92 Å². The van der Waals surface area contributed by atoms with Crippen molar-refractivity contribution in [1.82, 2.24) is 0 Å². The number of ether oxygens (including phenoxy) is 1. The van der Waals surface area contributed by atoms with Crippen LogP contribution in [0.25, 0.3) is 0 Å². The van der Waals surface area contributed by atoms with E-state index < -0.39 is 11.0 Å². The minimum atomic E-state index is -1.07. The second kappa shape index (κ2) is 6.00. The standard InChI is InChI=1S/C22H30O5/c1-4-19(25)27-13-5-8-20(2)14-6-9-21(3)18(24)7-10-22(21,26)15(14)12-17(23)16(20)11-13/h11,13-15,26H,4-10,12H2,1-3H3/t13-,14-,15+,20+,21+,22+/m0/s1. The van der Waals surface area contributed by atoms with E-state index in [0.717, 1.165) is 18.4 Å². The monoisotopic (exact) mass is 374 g/mol. The molecule has 3 fully saturated rings. The van der Waals surface area contributed by atoms with Gasteiger partial charge in [0.15, 0.2) is 5.78 Å². The molecule has 0 unspecified atom stereocenters. The van der Waals surface area contributed by atoms with Crippen molar-refractivity contribution in [1.29, 1.82) is 0 Å². The highest BCUT2D eigenvalue weighted by molar-refractivity contribution is 5.99. The predicted molar refractivity (Wildman–Crippen MR) is 98.7 cm³/mol. The van der Waals surface area contributed by atoms with Crippen molar-refractivity contribution in [3.63, 3.8) is 0 Å². The van der Waals surface area contributed by atoms with Crippen LogP contribution in [0, 0.1) is 22.7 Å². The molecule has 0 saturated heterocycles. The molecule has 0 aromatic carbocycles. The molecule has 0 aliphatic heterocycles. The predicted octanol–water partition coefficient (Wildman–Crippen LogP) is 3.13. The molecular formula is C22H30O5. The molecular weight excluding hydrogens is 344 g/mol. The first-order chi connectivity index (χ1) is 12.7. The highest BCUT2D eigenvalue weighted by Gasteiger charge is 2.67. The number of fused-ring (bicyclic) bond motifs is 5. The molecule has 0 spiro atoms. The number of hydrogen-bond donors (Lipinski definition) is 1. The molecule has 4 aliphatic carbocycles. The van der Waals surface area contributed by atoms with Gasteiger partial charge in [-0.25, -0.2) is 0 Å². The average molecular weight is 374 g/mol. The number of aliphatic hydroxyl groups is 1. The maximum absolute atomic E-state index is 13.1. The van der Waals surface area contributed by atoms with Crippen LogP contribution >= 0.6 is 0 Å². The van der Waals surface area contributed by atoms with Crippen molar-refractivity contribution >= 4 is 17.5 Å². The second-order valence-corrected chi connectivity index (χ2v) is 9.48. The van der Waals surface area contributed by atoms with E-state index in [1.807, 2.05) is 13.0 Å². The Morgan fingerprint density at radius 1 is 1.19 bits per heavy atom. The summed E-state index contributed by atoms with van der Waals surface area (Å²) in [6, 6.07) is 0. The van der Waals surface area contributed by atoms with Gasteiger partial charge in [-0.05, 0) is 62.4 Å². The van der Waals surface area contributed by atoms with Crippen LogP contribution in [0.1, 0.15) is 72.1 Å². The average Bonchev–Trinajstić information content (AvgIpc) is 2.87. The van der Waals surface area contributed by atoms with Gasteiger partial charge >= 0.3 is 5.97 Å². The minimum Gasteiger partial charge on any atom is -0.458 e. The van der Waals surface area contributed by atoms with Crippen LogP contribution in [-0.4, -0.2) is 34.3 Å². The normalized spacial score (nSPS) is 46.2. The molecule has 27 heavy (non-hydrogen) atoms. The van der Waals surface area contributed by atoms with Gasteiger partial charge in [0.1, 0.15) is 11.9 Å². The van der Waals surface area contributed by atoms with Crippen LogP contribution in [0.5, 0.6) is 0 Å². The van der Waals surface area contributed by atoms with Crippen LogP contribution in [-0.2, 0) is 19.1 Å². The minimum absolute atomic E-state index is 0.0491. The van der Waals surface area contributed by atoms with Crippen molar-refractivity contribution in [2.75, 3.05) is 0 Å². The largest absolute Gasteiger partial charge is 0.458 e. The zero-order valence-corrected chi connectivity index (χ0v) is 16.5. The maximum atomic E-state index is 13.1. The van der Waals surface area contributed by atoms with Crippen molar-refractivity contribution in [2.45, 2.75) is 83.8 Å². The van der Waals surface area contributed by atoms with Gasteiger partial charge in [0.25, 0.3) is 0 Å². The number of allylic oxidation sites excluding steroid dienone is 1. The first-order valence-electron chi connectivity index (χ1n) is 10.4. The lowest BCUT2D eigenvalue weighted by Gasteiger charge is -2.59. The second-order valence-electron chi connectivity index (χ2n) is 9.48. The van der Waals surface area contributed by atoms with E-state index >= 15 is 0 Å². The first kappa shape index (κ1) is 18.9. The summed E-state index contributed by atoms with van der Waals surface area (Å²) in [5.74, 6) is -0.0141. The van der Waals surface area contributed by atoms with E-state index in [4.69, 9.17) is 4.74 Å². The van der Waals surface area contributed by atoms with Crippen LogP contribution in [0.2, 0.25) is 0 Å². The lowest BCUT2D eigenvalue weighted by molar-refractivity contribution is -0.181. The zero-order valence-electron chi connectivity index (χ0n) is 16.5. The van der Waals surface area contributed by atoms with Crippen molar-refractivity contribution in [3.8, 4) is 0 Å². The maximum Gasteiger partial charge on any atom is 0.306 e. The Morgan fingerprint density at radius 3 is 2.63 bits per heavy atom. The van der Waals surface area contributed by atoms with Crippen LogP contribution in [0.15, 0.2) is 11.6 Å². The third kappa shape index (κ3) is 2.43. The molecule has 0 radical (unpaired) electrons. The fourth-order valence-electron chi connectivity index (χ4n) is 6.59. The zero-order chi connectivity index (χ0) is 19.6. The van der Waals surface area contributed by atoms with Crippen molar-refractivity contribution in [3.05, 3.63) is 11.6 Å². The summed E-state index contributed by atoms with van der Waals surface area (Å²) in [4.78, 5) is 37.3. The Morgan fingerprint density at radius 2 is 1.93 bits per heavy atom. The van der Waals surface area contributed by atoms with Gasteiger partial charge in [0.05, 0.1) is 11.0 Å². The van der Waals surface area contributed by atoms with Crippen LogP contribution in [0.4, 0.5) is 0 Å². The van der Waals surface area contributed by atoms with E-state index in [1.165, 1.54) is 0 Å². The Hall–Kier alpha value is -1.49. The molecule has 148 valence electrons. The summed E-state index contributed by atoms with van der Waals surface area (Å²) >= 11 is 0. The topological polar surface area (TPSA) is 80.7 Å². The summed E-state index contributed by atoms with van der Waals surface area (Å²) in [7, 11) is 0. The summed E-state index contributed by atoms with van der Waals surface area (Å²) in [5, 5.41) is 11.6. The molecule has 1 N–H and O–H groups in total. The van der Waals surface area contributed by atoms with Crippen molar-refractivity contribution in [2.24, 2.45) is 22.7 Å². The van der Waals surface area contributed by atoms with Gasteiger partial charge < -0.3 is 9.84 Å². The Bertz CT molecular complexity index is 739. The van der Waals surface area contributed by atoms with Crippen molar-refractivity contribution < 1.29 is 24.2 Å². The molecule has 0 amide bonds. The van der Waals surface area contributed by atoms with E-state index in [2.05, 4.69) is 6.92 Å². The fourth-order valence-corrected chi connectivity index (χ4v) is 6.59. The quantitative estimate of drug-likeness (QED) is 0.751. The Labute approximate surface area is 160 Å². The number of ketones is 2. The third-order valence-corrected chi connectivity index (χ3v) is 8.37. The lowest BCUT2D eigenvalue weighted by atomic mass is 9.45. The first-order valence-corrected chi connectivity index (χ1v) is 10.4. The molecule has 0 aromatic heterocycles. The molecule has 5 heteroatoms. The van der Waals surface area contributed by atoms with Gasteiger partial charge in [-0.15, -0.1) is 0 Å². The highest BCUT2D eigenvalue weighted by atomic mass is 16.5. The Kier molecular flexibility index (Phi) is 4.19.